The van der Waals surface area contributed by atoms with Crippen molar-refractivity contribution in [2.75, 3.05) is 24.5 Å². The Kier molecular flexibility index (Phi) is 2.52. The summed E-state index contributed by atoms with van der Waals surface area (Å²) in [4.78, 5) is 2.39. The molecule has 0 unspecified atom stereocenters. The van der Waals surface area contributed by atoms with E-state index in [0.29, 0.717) is 6.04 Å². The van der Waals surface area contributed by atoms with Gasteiger partial charge in [-0.15, -0.1) is 0 Å². The third kappa shape index (κ3) is 1.89. The van der Waals surface area contributed by atoms with Crippen molar-refractivity contribution in [3.05, 3.63) is 23.9 Å². The molecule has 1 N–H and O–H groups in total. The van der Waals surface area contributed by atoms with Crippen molar-refractivity contribution in [2.24, 2.45) is 0 Å². The molecular weight excluding hydrogens is 214 g/mol. The van der Waals surface area contributed by atoms with Crippen LogP contribution in [0.3, 0.4) is 0 Å². The first-order valence-corrected chi connectivity index (χ1v) is 6.08. The lowest BCUT2D eigenvalue weighted by Crippen LogP contribution is -2.49. The lowest BCUT2D eigenvalue weighted by atomic mass is 10.1. The number of aryl methyl sites for hydroxylation is 1. The molecule has 0 amide bonds. The molecule has 1 atom stereocenters. The van der Waals surface area contributed by atoms with Gasteiger partial charge in [0.15, 0.2) is 5.58 Å². The summed E-state index contributed by atoms with van der Waals surface area (Å²) >= 11 is 0. The van der Waals surface area contributed by atoms with Gasteiger partial charge < -0.3 is 14.7 Å². The second-order valence-corrected chi connectivity index (χ2v) is 4.75. The Morgan fingerprint density at radius 1 is 1.47 bits per heavy atom. The van der Waals surface area contributed by atoms with Gasteiger partial charge in [0.25, 0.3) is 0 Å². The summed E-state index contributed by atoms with van der Waals surface area (Å²) in [5.74, 6) is 0. The average Bonchev–Trinajstić information content (AvgIpc) is 2.71. The summed E-state index contributed by atoms with van der Waals surface area (Å²) in [5.41, 5.74) is 3.06. The van der Waals surface area contributed by atoms with Crippen molar-refractivity contribution in [1.82, 2.24) is 10.5 Å². The number of nitrogens with zero attached hydrogens (tertiary/aromatic N) is 2. The number of fused-ring (bicyclic) bond motifs is 1. The number of rotatable bonds is 1. The largest absolute Gasteiger partial charge is 0.369 e. The summed E-state index contributed by atoms with van der Waals surface area (Å²) in [5, 5.41) is 8.54. The Morgan fingerprint density at radius 2 is 2.35 bits per heavy atom. The standard InChI is InChI=1S/C13H17N3O/c1-9-8-16(6-5-14-9)11-3-4-12-10(2)15-17-13(12)7-11/h3-4,7,9,14H,5-6,8H2,1-2H3/t9-/m1/s1. The molecule has 0 saturated carbocycles. The van der Waals surface area contributed by atoms with Gasteiger partial charge in [-0.05, 0) is 26.0 Å². The lowest BCUT2D eigenvalue weighted by molar-refractivity contribution is 0.450. The minimum absolute atomic E-state index is 0.538. The summed E-state index contributed by atoms with van der Waals surface area (Å²) in [6.45, 7) is 7.30. The molecule has 4 heteroatoms. The van der Waals surface area contributed by atoms with Gasteiger partial charge in [-0.3, -0.25) is 0 Å². The van der Waals surface area contributed by atoms with Crippen LogP contribution in [-0.4, -0.2) is 30.8 Å². The van der Waals surface area contributed by atoms with E-state index in [-0.39, 0.29) is 0 Å². The molecule has 17 heavy (non-hydrogen) atoms. The molecule has 3 rings (SSSR count). The van der Waals surface area contributed by atoms with Gasteiger partial charge in [-0.25, -0.2) is 0 Å². The molecule has 4 nitrogen and oxygen atoms in total. The molecule has 1 aromatic carbocycles. The highest BCUT2D eigenvalue weighted by molar-refractivity contribution is 5.82. The highest BCUT2D eigenvalue weighted by atomic mass is 16.5. The highest BCUT2D eigenvalue weighted by Gasteiger charge is 2.16. The van der Waals surface area contributed by atoms with Crippen molar-refractivity contribution in [3.63, 3.8) is 0 Å². The number of nitrogens with one attached hydrogen (secondary N) is 1. The smallest absolute Gasteiger partial charge is 0.169 e. The van der Waals surface area contributed by atoms with Crippen LogP contribution in [0.4, 0.5) is 5.69 Å². The molecule has 2 aromatic rings. The van der Waals surface area contributed by atoms with Crippen LogP contribution < -0.4 is 10.2 Å². The van der Waals surface area contributed by atoms with E-state index in [0.717, 1.165) is 36.3 Å². The van der Waals surface area contributed by atoms with E-state index in [1.165, 1.54) is 5.69 Å². The zero-order chi connectivity index (χ0) is 11.8. The average molecular weight is 231 g/mol. The Labute approximate surface area is 101 Å². The Bertz CT molecular complexity index is 534. The Hall–Kier alpha value is -1.55. The summed E-state index contributed by atoms with van der Waals surface area (Å²) in [7, 11) is 0. The monoisotopic (exact) mass is 231 g/mol. The minimum atomic E-state index is 0.538. The van der Waals surface area contributed by atoms with Crippen LogP contribution in [0.1, 0.15) is 12.6 Å². The predicted octanol–water partition coefficient (Wildman–Crippen LogP) is 1.93. The molecule has 1 aliphatic rings. The van der Waals surface area contributed by atoms with Gasteiger partial charge in [-0.1, -0.05) is 5.16 Å². The third-order valence-electron chi connectivity index (χ3n) is 3.37. The van der Waals surface area contributed by atoms with Crippen LogP contribution in [0, 0.1) is 6.92 Å². The fourth-order valence-corrected chi connectivity index (χ4v) is 2.42. The summed E-state index contributed by atoms with van der Waals surface area (Å²) < 4.78 is 5.31. The van der Waals surface area contributed by atoms with Crippen molar-refractivity contribution in [2.45, 2.75) is 19.9 Å². The first-order valence-electron chi connectivity index (χ1n) is 6.08. The quantitative estimate of drug-likeness (QED) is 0.814. The zero-order valence-electron chi connectivity index (χ0n) is 10.2. The third-order valence-corrected chi connectivity index (χ3v) is 3.37. The van der Waals surface area contributed by atoms with Gasteiger partial charge in [0, 0.05) is 42.8 Å². The van der Waals surface area contributed by atoms with Crippen LogP contribution in [0.25, 0.3) is 11.0 Å². The maximum atomic E-state index is 5.31. The molecule has 0 spiro atoms. The number of piperazine rings is 1. The molecule has 2 heterocycles. The molecule has 90 valence electrons. The van der Waals surface area contributed by atoms with E-state index in [1.54, 1.807) is 0 Å². The SMILES string of the molecule is Cc1noc2cc(N3CCN[C@H](C)C3)ccc12. The van der Waals surface area contributed by atoms with Crippen molar-refractivity contribution in [1.29, 1.82) is 0 Å². The Balaban J connectivity index is 1.94. The number of aromatic nitrogens is 1. The van der Waals surface area contributed by atoms with Gasteiger partial charge in [-0.2, -0.15) is 0 Å². The van der Waals surface area contributed by atoms with Crippen molar-refractivity contribution >= 4 is 16.7 Å². The normalized spacial score (nSPS) is 21.1. The molecular formula is C13H17N3O. The minimum Gasteiger partial charge on any atom is -0.369 e. The lowest BCUT2D eigenvalue weighted by Gasteiger charge is -2.33. The van der Waals surface area contributed by atoms with E-state index >= 15 is 0 Å². The predicted molar refractivity (Wildman–Crippen MR) is 68.4 cm³/mol. The van der Waals surface area contributed by atoms with Crippen LogP contribution in [0.5, 0.6) is 0 Å². The van der Waals surface area contributed by atoms with E-state index in [1.807, 2.05) is 6.92 Å². The second-order valence-electron chi connectivity index (χ2n) is 4.75. The van der Waals surface area contributed by atoms with E-state index in [4.69, 9.17) is 4.52 Å². The molecule has 1 fully saturated rings. The molecule has 0 radical (unpaired) electrons. The first kappa shape index (κ1) is 10.6. The van der Waals surface area contributed by atoms with Crippen LogP contribution in [-0.2, 0) is 0 Å². The van der Waals surface area contributed by atoms with E-state index < -0.39 is 0 Å². The highest BCUT2D eigenvalue weighted by Crippen LogP contribution is 2.24. The van der Waals surface area contributed by atoms with Crippen molar-refractivity contribution in [3.8, 4) is 0 Å². The number of anilines is 1. The second kappa shape index (κ2) is 4.04. The fourth-order valence-electron chi connectivity index (χ4n) is 2.42. The van der Waals surface area contributed by atoms with Gasteiger partial charge in [0.2, 0.25) is 0 Å². The van der Waals surface area contributed by atoms with Crippen LogP contribution in [0.15, 0.2) is 22.7 Å². The summed E-state index contributed by atoms with van der Waals surface area (Å²) in [6, 6.07) is 6.89. The maximum Gasteiger partial charge on any atom is 0.169 e. The van der Waals surface area contributed by atoms with Crippen LogP contribution in [0.2, 0.25) is 0 Å². The maximum absolute atomic E-state index is 5.31. The van der Waals surface area contributed by atoms with E-state index in [2.05, 4.69) is 40.5 Å². The number of benzene rings is 1. The van der Waals surface area contributed by atoms with Gasteiger partial charge in [0.05, 0.1) is 5.69 Å². The topological polar surface area (TPSA) is 41.3 Å². The number of hydrogen-bond donors (Lipinski definition) is 1. The zero-order valence-corrected chi connectivity index (χ0v) is 10.2. The first-order chi connectivity index (χ1) is 8.24. The van der Waals surface area contributed by atoms with Gasteiger partial charge >= 0.3 is 0 Å². The molecule has 0 bridgehead atoms. The summed E-state index contributed by atoms with van der Waals surface area (Å²) in [6.07, 6.45) is 0. The van der Waals surface area contributed by atoms with E-state index in [9.17, 15) is 0 Å². The molecule has 1 saturated heterocycles. The van der Waals surface area contributed by atoms with Crippen LogP contribution >= 0.6 is 0 Å². The van der Waals surface area contributed by atoms with Crippen molar-refractivity contribution < 1.29 is 4.52 Å². The number of hydrogen-bond acceptors (Lipinski definition) is 4. The molecule has 0 aliphatic carbocycles. The molecule has 1 aromatic heterocycles. The van der Waals surface area contributed by atoms with Gasteiger partial charge in [0.1, 0.15) is 0 Å². The Morgan fingerprint density at radius 3 is 3.18 bits per heavy atom. The molecule has 1 aliphatic heterocycles. The fraction of sp³-hybridized carbons (Fsp3) is 0.462.